The Kier molecular flexibility index (Phi) is 7.19. The van der Waals surface area contributed by atoms with Crippen LogP contribution in [0.4, 0.5) is 0 Å². The van der Waals surface area contributed by atoms with Crippen LogP contribution in [0.1, 0.15) is 32.3 Å². The number of amides is 1. The number of carbonyl (C=O) groups excluding carboxylic acids is 1. The van der Waals surface area contributed by atoms with Crippen LogP contribution in [0, 0.1) is 0 Å². The molecular formula is C21H25N5OS. The van der Waals surface area contributed by atoms with Gasteiger partial charge in [0.1, 0.15) is 0 Å². The number of hydrogen-bond acceptors (Lipinski definition) is 5. The molecule has 0 saturated carbocycles. The maximum atomic E-state index is 12.2. The van der Waals surface area contributed by atoms with Crippen LogP contribution >= 0.6 is 11.8 Å². The molecule has 28 heavy (non-hydrogen) atoms. The Bertz CT molecular complexity index is 882. The van der Waals surface area contributed by atoms with Crippen LogP contribution < -0.4 is 5.32 Å². The van der Waals surface area contributed by atoms with Crippen LogP contribution in [0.2, 0.25) is 0 Å². The van der Waals surface area contributed by atoms with Crippen LogP contribution in [0.15, 0.2) is 60.0 Å². The molecule has 7 heteroatoms. The molecular weight excluding hydrogens is 370 g/mol. The number of rotatable bonds is 9. The van der Waals surface area contributed by atoms with Gasteiger partial charge in [-0.25, -0.2) is 0 Å². The average Bonchev–Trinajstić information content (AvgIpc) is 3.10. The lowest BCUT2D eigenvalue weighted by Crippen LogP contribution is -2.33. The van der Waals surface area contributed by atoms with Crippen LogP contribution in [0.5, 0.6) is 0 Å². The zero-order valence-electron chi connectivity index (χ0n) is 16.2. The molecule has 0 radical (unpaired) electrons. The Morgan fingerprint density at radius 2 is 2.00 bits per heavy atom. The zero-order chi connectivity index (χ0) is 19.8. The highest BCUT2D eigenvalue weighted by Crippen LogP contribution is 2.24. The van der Waals surface area contributed by atoms with Crippen molar-refractivity contribution in [2.75, 3.05) is 5.75 Å². The summed E-state index contributed by atoms with van der Waals surface area (Å²) in [4.78, 5) is 16.4. The van der Waals surface area contributed by atoms with Gasteiger partial charge in [-0.2, -0.15) is 0 Å². The predicted octanol–water partition coefficient (Wildman–Crippen LogP) is 3.79. The fourth-order valence-electron chi connectivity index (χ4n) is 2.96. The van der Waals surface area contributed by atoms with E-state index < -0.39 is 0 Å². The molecule has 0 aliphatic carbocycles. The molecule has 3 rings (SSSR count). The molecule has 1 amide bonds. The summed E-state index contributed by atoms with van der Waals surface area (Å²) in [6.45, 7) is 4.78. The summed E-state index contributed by atoms with van der Waals surface area (Å²) in [5, 5.41) is 12.5. The quantitative estimate of drug-likeness (QED) is 0.558. The van der Waals surface area contributed by atoms with Gasteiger partial charge in [0.05, 0.1) is 12.3 Å². The van der Waals surface area contributed by atoms with Gasteiger partial charge in [0, 0.05) is 24.0 Å². The van der Waals surface area contributed by atoms with E-state index in [-0.39, 0.29) is 11.9 Å². The second-order valence-corrected chi connectivity index (χ2v) is 7.61. The van der Waals surface area contributed by atoms with E-state index in [1.807, 2.05) is 41.8 Å². The first-order valence-corrected chi connectivity index (χ1v) is 10.5. The smallest absolute Gasteiger partial charge is 0.230 e. The van der Waals surface area contributed by atoms with Crippen LogP contribution in [0.3, 0.4) is 0 Å². The minimum Gasteiger partial charge on any atom is -0.353 e. The third kappa shape index (κ3) is 5.42. The Labute approximate surface area is 169 Å². The van der Waals surface area contributed by atoms with Crippen molar-refractivity contribution < 1.29 is 4.79 Å². The van der Waals surface area contributed by atoms with Crippen LogP contribution in [0.25, 0.3) is 11.4 Å². The minimum absolute atomic E-state index is 0.0168. The maximum absolute atomic E-state index is 12.2. The number of hydrogen-bond donors (Lipinski definition) is 1. The van der Waals surface area contributed by atoms with Gasteiger partial charge in [0.2, 0.25) is 5.91 Å². The molecule has 0 spiro atoms. The molecule has 1 atom stereocenters. The largest absolute Gasteiger partial charge is 0.353 e. The lowest BCUT2D eigenvalue weighted by atomic mass is 10.2. The first-order chi connectivity index (χ1) is 13.7. The molecule has 0 fully saturated rings. The van der Waals surface area contributed by atoms with Crippen molar-refractivity contribution in [3.63, 3.8) is 0 Å². The number of benzene rings is 1. The fourth-order valence-corrected chi connectivity index (χ4v) is 3.71. The van der Waals surface area contributed by atoms with Crippen molar-refractivity contribution in [1.29, 1.82) is 0 Å². The van der Waals surface area contributed by atoms with Crippen LogP contribution in [-0.4, -0.2) is 37.5 Å². The van der Waals surface area contributed by atoms with Gasteiger partial charge in [0.25, 0.3) is 0 Å². The number of nitrogens with one attached hydrogen (secondary N) is 1. The van der Waals surface area contributed by atoms with E-state index in [9.17, 15) is 4.79 Å². The SMILES string of the molecule is CCCC(C)NC(=O)CSc1nnc(-c2cccnc2)n1Cc1ccccc1. The van der Waals surface area contributed by atoms with E-state index in [1.54, 1.807) is 12.4 Å². The highest BCUT2D eigenvalue weighted by molar-refractivity contribution is 7.99. The molecule has 6 nitrogen and oxygen atoms in total. The molecule has 2 aromatic heterocycles. The normalized spacial score (nSPS) is 11.9. The van der Waals surface area contributed by atoms with E-state index in [0.717, 1.165) is 34.9 Å². The van der Waals surface area contributed by atoms with Crippen molar-refractivity contribution in [3.8, 4) is 11.4 Å². The molecule has 1 aromatic carbocycles. The lowest BCUT2D eigenvalue weighted by Gasteiger charge is -2.13. The highest BCUT2D eigenvalue weighted by atomic mass is 32.2. The van der Waals surface area contributed by atoms with Crippen LogP contribution in [-0.2, 0) is 11.3 Å². The summed E-state index contributed by atoms with van der Waals surface area (Å²) in [5.41, 5.74) is 2.05. The van der Waals surface area contributed by atoms with E-state index in [1.165, 1.54) is 11.8 Å². The highest BCUT2D eigenvalue weighted by Gasteiger charge is 2.16. The number of carbonyl (C=O) groups is 1. The fraction of sp³-hybridized carbons (Fsp3) is 0.333. The average molecular weight is 396 g/mol. The molecule has 2 heterocycles. The van der Waals surface area contributed by atoms with Gasteiger partial charge in [-0.3, -0.25) is 14.3 Å². The second kappa shape index (κ2) is 10.0. The van der Waals surface area contributed by atoms with Gasteiger partial charge in [-0.1, -0.05) is 55.4 Å². The summed E-state index contributed by atoms with van der Waals surface area (Å²) in [6, 6.07) is 14.2. The molecule has 1 unspecified atom stereocenters. The van der Waals surface area contributed by atoms with Gasteiger partial charge in [-0.05, 0) is 31.0 Å². The van der Waals surface area contributed by atoms with Gasteiger partial charge < -0.3 is 5.32 Å². The summed E-state index contributed by atoms with van der Waals surface area (Å²) < 4.78 is 2.04. The molecule has 3 aromatic rings. The summed E-state index contributed by atoms with van der Waals surface area (Å²) in [7, 11) is 0. The number of pyridine rings is 1. The van der Waals surface area contributed by atoms with Gasteiger partial charge in [-0.15, -0.1) is 10.2 Å². The molecule has 0 aliphatic heterocycles. The van der Waals surface area contributed by atoms with Crippen molar-refractivity contribution >= 4 is 17.7 Å². The van der Waals surface area contributed by atoms with Crippen molar-refractivity contribution in [2.24, 2.45) is 0 Å². The lowest BCUT2D eigenvalue weighted by molar-refractivity contribution is -0.119. The molecule has 0 saturated heterocycles. The summed E-state index contributed by atoms with van der Waals surface area (Å²) in [5.74, 6) is 1.08. The van der Waals surface area contributed by atoms with Crippen molar-refractivity contribution in [1.82, 2.24) is 25.1 Å². The monoisotopic (exact) mass is 395 g/mol. The zero-order valence-corrected chi connectivity index (χ0v) is 17.0. The predicted molar refractivity (Wildman–Crippen MR) is 112 cm³/mol. The first kappa shape index (κ1) is 20.1. The Balaban J connectivity index is 1.78. The Morgan fingerprint density at radius 1 is 1.18 bits per heavy atom. The maximum Gasteiger partial charge on any atom is 0.230 e. The molecule has 0 aliphatic rings. The molecule has 1 N–H and O–H groups in total. The minimum atomic E-state index is 0.0168. The second-order valence-electron chi connectivity index (χ2n) is 6.67. The van der Waals surface area contributed by atoms with Crippen molar-refractivity contribution in [3.05, 3.63) is 60.4 Å². The summed E-state index contributed by atoms with van der Waals surface area (Å²) in [6.07, 6.45) is 5.54. The van der Waals surface area contributed by atoms with E-state index in [4.69, 9.17) is 0 Å². The Hall–Kier alpha value is -2.67. The Morgan fingerprint density at radius 3 is 2.71 bits per heavy atom. The molecule has 146 valence electrons. The first-order valence-electron chi connectivity index (χ1n) is 9.47. The van der Waals surface area contributed by atoms with Gasteiger partial charge >= 0.3 is 0 Å². The number of aromatic nitrogens is 4. The third-order valence-electron chi connectivity index (χ3n) is 4.28. The molecule has 0 bridgehead atoms. The van der Waals surface area contributed by atoms with E-state index in [0.29, 0.717) is 12.3 Å². The topological polar surface area (TPSA) is 72.7 Å². The third-order valence-corrected chi connectivity index (χ3v) is 5.25. The standard InChI is InChI=1S/C21H25N5OS/c1-3-8-16(2)23-19(27)15-28-21-25-24-20(18-11-7-12-22-13-18)26(21)14-17-9-5-4-6-10-17/h4-7,9-13,16H,3,8,14-15H2,1-2H3,(H,23,27). The van der Waals surface area contributed by atoms with E-state index >= 15 is 0 Å². The number of nitrogens with zero attached hydrogens (tertiary/aromatic N) is 4. The number of thioether (sulfide) groups is 1. The van der Waals surface area contributed by atoms with Gasteiger partial charge in [0.15, 0.2) is 11.0 Å². The van der Waals surface area contributed by atoms with E-state index in [2.05, 4.69) is 39.6 Å². The van der Waals surface area contributed by atoms with Crippen molar-refractivity contribution in [2.45, 2.75) is 44.4 Å². The summed E-state index contributed by atoms with van der Waals surface area (Å²) >= 11 is 1.41.